The Morgan fingerprint density at radius 2 is 1.83 bits per heavy atom. The Kier molecular flexibility index (Phi) is 7.76. The van der Waals surface area contributed by atoms with Crippen LogP contribution in [-0.2, 0) is 17.6 Å². The Hall–Kier alpha value is -2.83. The minimum Gasteiger partial charge on any atom is -0.481 e. The van der Waals surface area contributed by atoms with Gasteiger partial charge in [0.15, 0.2) is 6.10 Å². The third-order valence-corrected chi connectivity index (χ3v) is 8.15. The van der Waals surface area contributed by atoms with Crippen molar-refractivity contribution in [1.29, 1.82) is 0 Å². The summed E-state index contributed by atoms with van der Waals surface area (Å²) in [4.78, 5) is 27.8. The second kappa shape index (κ2) is 10.7. The number of fused-ring (bicyclic) bond motifs is 1. The molecule has 0 aliphatic heterocycles. The van der Waals surface area contributed by atoms with Crippen LogP contribution in [0.1, 0.15) is 60.5 Å². The van der Waals surface area contributed by atoms with E-state index in [0.29, 0.717) is 27.3 Å². The van der Waals surface area contributed by atoms with Crippen molar-refractivity contribution in [2.45, 2.75) is 60.0 Å². The van der Waals surface area contributed by atoms with Crippen LogP contribution in [0.25, 0.3) is 0 Å². The Balaban J connectivity index is 1.60. The van der Waals surface area contributed by atoms with Crippen LogP contribution in [-0.4, -0.2) is 17.9 Å². The van der Waals surface area contributed by atoms with Gasteiger partial charge in [0, 0.05) is 15.6 Å². The van der Waals surface area contributed by atoms with Gasteiger partial charge in [0.25, 0.3) is 11.8 Å². The van der Waals surface area contributed by atoms with Crippen LogP contribution >= 0.6 is 22.9 Å². The number of ether oxygens (including phenoxy) is 1. The lowest BCUT2D eigenvalue weighted by Crippen LogP contribution is -2.30. The van der Waals surface area contributed by atoms with Crippen LogP contribution in [0, 0.1) is 18.3 Å². The van der Waals surface area contributed by atoms with Gasteiger partial charge in [0.1, 0.15) is 10.8 Å². The molecule has 1 aliphatic rings. The second-order valence-corrected chi connectivity index (χ2v) is 12.1. The number of carbonyl (C=O) groups excluding carboxylic acids is 2. The van der Waals surface area contributed by atoms with Crippen LogP contribution < -0.4 is 15.4 Å². The highest BCUT2D eigenvalue weighted by molar-refractivity contribution is 7.17. The predicted octanol–water partition coefficient (Wildman–Crippen LogP) is 7.52. The molecule has 2 aromatic carbocycles. The van der Waals surface area contributed by atoms with E-state index in [4.69, 9.17) is 16.3 Å². The highest BCUT2D eigenvalue weighted by Gasteiger charge is 2.34. The number of nitrogens with one attached hydrogen (secondary N) is 2. The van der Waals surface area contributed by atoms with Gasteiger partial charge >= 0.3 is 0 Å². The molecule has 2 N–H and O–H groups in total. The van der Waals surface area contributed by atoms with Gasteiger partial charge in [-0.15, -0.1) is 11.3 Å². The Labute approximate surface area is 222 Å². The van der Waals surface area contributed by atoms with Crippen molar-refractivity contribution in [3.8, 4) is 5.75 Å². The van der Waals surface area contributed by atoms with Crippen molar-refractivity contribution in [2.24, 2.45) is 11.3 Å². The Bertz CT molecular complexity index is 1260. The second-order valence-electron chi connectivity index (χ2n) is 10.5. The van der Waals surface area contributed by atoms with Crippen LogP contribution in [0.2, 0.25) is 5.02 Å². The fourth-order valence-electron chi connectivity index (χ4n) is 4.55. The number of amides is 2. The van der Waals surface area contributed by atoms with Gasteiger partial charge in [0.05, 0.1) is 5.56 Å². The first-order valence-electron chi connectivity index (χ1n) is 12.3. The predicted molar refractivity (Wildman–Crippen MR) is 149 cm³/mol. The van der Waals surface area contributed by atoms with E-state index in [1.165, 1.54) is 16.2 Å². The molecule has 3 aromatic rings. The van der Waals surface area contributed by atoms with E-state index in [-0.39, 0.29) is 17.2 Å². The van der Waals surface area contributed by atoms with Crippen molar-refractivity contribution in [3.63, 3.8) is 0 Å². The standard InChI is InChI=1S/C29H33ClN2O3S/c1-17-7-6-8-21(15-17)31-27(34)25-23-14-9-19(29(3,4)5)16-24(23)36-28(25)32-26(33)18(2)35-22-12-10-20(30)11-13-22/h6-8,10-13,15,18-19H,9,14,16H2,1-5H3,(H,31,34)(H,32,33). The molecule has 0 fully saturated rings. The monoisotopic (exact) mass is 524 g/mol. The van der Waals surface area contributed by atoms with E-state index >= 15 is 0 Å². The Morgan fingerprint density at radius 1 is 1.11 bits per heavy atom. The first kappa shape index (κ1) is 26.2. The minimum absolute atomic E-state index is 0.177. The molecule has 0 saturated carbocycles. The van der Waals surface area contributed by atoms with Crippen molar-refractivity contribution in [1.82, 2.24) is 0 Å². The highest BCUT2D eigenvalue weighted by atomic mass is 35.5. The smallest absolute Gasteiger partial charge is 0.265 e. The zero-order valence-electron chi connectivity index (χ0n) is 21.4. The number of halogens is 1. The van der Waals surface area contributed by atoms with E-state index in [1.54, 1.807) is 31.2 Å². The van der Waals surface area contributed by atoms with Crippen molar-refractivity contribution >= 4 is 45.4 Å². The molecule has 2 amide bonds. The summed E-state index contributed by atoms with van der Waals surface area (Å²) in [5.74, 6) is 0.569. The molecular weight excluding hydrogens is 492 g/mol. The highest BCUT2D eigenvalue weighted by Crippen LogP contribution is 2.44. The Morgan fingerprint density at radius 3 is 2.50 bits per heavy atom. The molecule has 0 saturated heterocycles. The fourth-order valence-corrected chi connectivity index (χ4v) is 6.01. The fraction of sp³-hybridized carbons (Fsp3) is 0.379. The van der Waals surface area contributed by atoms with Gasteiger partial charge in [-0.05, 0) is 92.0 Å². The average Bonchev–Trinajstić information content (AvgIpc) is 3.17. The summed E-state index contributed by atoms with van der Waals surface area (Å²) >= 11 is 7.46. The summed E-state index contributed by atoms with van der Waals surface area (Å²) in [7, 11) is 0. The summed E-state index contributed by atoms with van der Waals surface area (Å²) in [5, 5.41) is 7.21. The van der Waals surface area contributed by atoms with Crippen LogP contribution in [0.3, 0.4) is 0 Å². The lowest BCUT2D eigenvalue weighted by molar-refractivity contribution is -0.122. The molecule has 0 bridgehead atoms. The summed E-state index contributed by atoms with van der Waals surface area (Å²) in [6.45, 7) is 10.5. The SMILES string of the molecule is Cc1cccc(NC(=O)c2c(NC(=O)C(C)Oc3ccc(Cl)cc3)sc3c2CCC(C(C)(C)C)C3)c1. The number of benzene rings is 2. The molecule has 5 nitrogen and oxygen atoms in total. The quantitative estimate of drug-likeness (QED) is 0.350. The number of thiophene rings is 1. The maximum atomic E-state index is 13.5. The molecule has 1 aromatic heterocycles. The summed E-state index contributed by atoms with van der Waals surface area (Å²) in [5.41, 5.74) is 3.59. The van der Waals surface area contributed by atoms with E-state index in [0.717, 1.165) is 36.1 Å². The summed E-state index contributed by atoms with van der Waals surface area (Å²) in [6, 6.07) is 14.6. The minimum atomic E-state index is -0.750. The molecule has 1 heterocycles. The largest absolute Gasteiger partial charge is 0.481 e. The van der Waals surface area contributed by atoms with E-state index in [1.807, 2.05) is 31.2 Å². The molecule has 1 aliphatic carbocycles. The number of aryl methyl sites for hydroxylation is 1. The first-order valence-corrected chi connectivity index (χ1v) is 13.5. The molecule has 36 heavy (non-hydrogen) atoms. The summed E-state index contributed by atoms with van der Waals surface area (Å²) < 4.78 is 5.81. The average molecular weight is 525 g/mol. The van der Waals surface area contributed by atoms with Crippen LogP contribution in [0.15, 0.2) is 48.5 Å². The normalized spacial score (nSPS) is 16.1. The number of carbonyl (C=O) groups is 2. The third kappa shape index (κ3) is 6.11. The lowest BCUT2D eigenvalue weighted by Gasteiger charge is -2.33. The lowest BCUT2D eigenvalue weighted by atomic mass is 9.72. The van der Waals surface area contributed by atoms with Crippen molar-refractivity contribution in [3.05, 3.63) is 75.1 Å². The van der Waals surface area contributed by atoms with Gasteiger partial charge in [-0.1, -0.05) is 44.5 Å². The molecule has 7 heteroatoms. The van der Waals surface area contributed by atoms with E-state index in [2.05, 4.69) is 31.4 Å². The van der Waals surface area contributed by atoms with E-state index < -0.39 is 6.10 Å². The third-order valence-electron chi connectivity index (χ3n) is 6.73. The van der Waals surface area contributed by atoms with Crippen molar-refractivity contribution in [2.75, 3.05) is 10.6 Å². The maximum absolute atomic E-state index is 13.5. The van der Waals surface area contributed by atoms with E-state index in [9.17, 15) is 9.59 Å². The zero-order chi connectivity index (χ0) is 26.0. The van der Waals surface area contributed by atoms with Crippen LogP contribution in [0.4, 0.5) is 10.7 Å². The molecule has 4 rings (SSSR count). The van der Waals surface area contributed by atoms with Crippen molar-refractivity contribution < 1.29 is 14.3 Å². The topological polar surface area (TPSA) is 67.4 Å². The molecule has 190 valence electrons. The number of rotatable bonds is 6. The first-order chi connectivity index (χ1) is 17.0. The molecule has 2 atom stereocenters. The molecule has 2 unspecified atom stereocenters. The van der Waals surface area contributed by atoms with Gasteiger partial charge in [-0.3, -0.25) is 9.59 Å². The maximum Gasteiger partial charge on any atom is 0.265 e. The van der Waals surface area contributed by atoms with Gasteiger partial charge in [-0.25, -0.2) is 0 Å². The number of anilines is 2. The molecular formula is C29H33ClN2O3S. The number of hydrogen-bond donors (Lipinski definition) is 2. The zero-order valence-corrected chi connectivity index (χ0v) is 23.0. The van der Waals surface area contributed by atoms with Gasteiger partial charge in [-0.2, -0.15) is 0 Å². The summed E-state index contributed by atoms with van der Waals surface area (Å²) in [6.07, 6.45) is 1.99. The number of hydrogen-bond acceptors (Lipinski definition) is 4. The molecule has 0 spiro atoms. The van der Waals surface area contributed by atoms with Gasteiger partial charge in [0.2, 0.25) is 0 Å². The van der Waals surface area contributed by atoms with Gasteiger partial charge < -0.3 is 15.4 Å². The van der Waals surface area contributed by atoms with Crippen LogP contribution in [0.5, 0.6) is 5.75 Å². The molecule has 0 radical (unpaired) electrons.